The van der Waals surface area contributed by atoms with E-state index in [4.69, 9.17) is 5.11 Å². The Labute approximate surface area is 140 Å². The number of carbonyl (C=O) groups excluding carboxylic acids is 1. The molecule has 1 aliphatic carbocycles. The van der Waals surface area contributed by atoms with Gasteiger partial charge >= 0.3 is 0 Å². The van der Waals surface area contributed by atoms with E-state index in [-0.39, 0.29) is 32.6 Å². The topological polar surface area (TPSA) is 50.2 Å². The first-order valence-corrected chi connectivity index (χ1v) is 6.33. The van der Waals surface area contributed by atoms with Gasteiger partial charge in [0.05, 0.1) is 5.76 Å². The molecule has 114 valence electrons. The van der Waals surface area contributed by atoms with Gasteiger partial charge in [0.2, 0.25) is 0 Å². The van der Waals surface area contributed by atoms with Crippen LogP contribution in [-0.2, 0) is 25.9 Å². The zero-order valence-corrected chi connectivity index (χ0v) is 14.3. The van der Waals surface area contributed by atoms with E-state index in [1.54, 1.807) is 0 Å². The summed E-state index contributed by atoms with van der Waals surface area (Å²) in [5.41, 5.74) is 2.16. The fourth-order valence-electron chi connectivity index (χ4n) is 1.54. The summed E-state index contributed by atoms with van der Waals surface area (Å²) >= 11 is 0. The number of ketones is 1. The van der Waals surface area contributed by atoms with Gasteiger partial charge in [-0.15, -0.1) is 11.6 Å². The van der Waals surface area contributed by atoms with Crippen molar-refractivity contribution in [3.63, 3.8) is 0 Å². The van der Waals surface area contributed by atoms with E-state index in [1.165, 1.54) is 19.9 Å². The van der Waals surface area contributed by atoms with Gasteiger partial charge in [-0.25, -0.2) is 0 Å². The van der Waals surface area contributed by atoms with Crippen LogP contribution in [0.2, 0.25) is 0 Å². The molecule has 1 aromatic rings. The molecule has 0 amide bonds. The van der Waals surface area contributed by atoms with Crippen molar-refractivity contribution in [2.75, 3.05) is 0 Å². The van der Waals surface area contributed by atoms with Gasteiger partial charge in [0.1, 0.15) is 0 Å². The molecule has 0 fully saturated rings. The maximum absolute atomic E-state index is 10.0. The number of rotatable bonds is 2. The number of nitrogens with zero attached hydrogens (tertiary/aromatic N) is 1. The Morgan fingerprint density at radius 3 is 2.62 bits per heavy atom. The first-order chi connectivity index (χ1) is 9.59. The van der Waals surface area contributed by atoms with Crippen molar-refractivity contribution < 1.29 is 31.0 Å². The zero-order chi connectivity index (χ0) is 14.8. The molecular formula is C17H18NO2Pt-. The Balaban J connectivity index is 0.000000436. The van der Waals surface area contributed by atoms with Crippen LogP contribution < -0.4 is 0 Å². The first-order valence-electron chi connectivity index (χ1n) is 6.33. The van der Waals surface area contributed by atoms with E-state index in [9.17, 15) is 4.79 Å². The molecule has 3 nitrogen and oxygen atoms in total. The molecule has 1 aliphatic rings. The number of aliphatic hydroxyl groups is 1. The predicted octanol–water partition coefficient (Wildman–Crippen LogP) is 3.82. The second-order valence-electron chi connectivity index (χ2n) is 4.23. The van der Waals surface area contributed by atoms with Crippen LogP contribution in [-0.4, -0.2) is 15.9 Å². The van der Waals surface area contributed by atoms with E-state index >= 15 is 0 Å². The summed E-state index contributed by atoms with van der Waals surface area (Å²) in [5.74, 6) is -0.0625. The van der Waals surface area contributed by atoms with E-state index in [0.29, 0.717) is 0 Å². The smallest absolute Gasteiger partial charge is 0.155 e. The molecule has 0 unspecified atom stereocenters. The molecule has 0 aliphatic heterocycles. The monoisotopic (exact) mass is 463 g/mol. The molecule has 0 atom stereocenters. The average molecular weight is 463 g/mol. The second kappa shape index (κ2) is 11.0. The summed E-state index contributed by atoms with van der Waals surface area (Å²) < 4.78 is 0. The number of hydrogen-bond acceptors (Lipinski definition) is 3. The van der Waals surface area contributed by atoms with Crippen LogP contribution in [0.5, 0.6) is 0 Å². The number of allylic oxidation sites excluding steroid dienone is 8. The van der Waals surface area contributed by atoms with Crippen molar-refractivity contribution in [1.29, 1.82) is 0 Å². The molecule has 1 heterocycles. The summed E-state index contributed by atoms with van der Waals surface area (Å²) in [4.78, 5) is 14.3. The molecule has 0 saturated carbocycles. The van der Waals surface area contributed by atoms with Crippen molar-refractivity contribution in [1.82, 2.24) is 4.98 Å². The van der Waals surface area contributed by atoms with Gasteiger partial charge in [-0.2, -0.15) is 18.2 Å². The van der Waals surface area contributed by atoms with E-state index in [2.05, 4.69) is 17.1 Å². The van der Waals surface area contributed by atoms with Crippen molar-refractivity contribution in [3.05, 3.63) is 72.3 Å². The third kappa shape index (κ3) is 8.93. The summed E-state index contributed by atoms with van der Waals surface area (Å²) in [6.07, 6.45) is 15.1. The van der Waals surface area contributed by atoms with Gasteiger partial charge in [-0.05, 0) is 32.0 Å². The molecule has 0 bridgehead atoms. The van der Waals surface area contributed by atoms with Crippen LogP contribution in [0, 0.1) is 6.08 Å². The number of aromatic nitrogens is 1. The fraction of sp³-hybridized carbons (Fsp3) is 0.176. The summed E-state index contributed by atoms with van der Waals surface area (Å²) in [6.45, 7) is 2.85. The van der Waals surface area contributed by atoms with Gasteiger partial charge in [-0.3, -0.25) is 4.79 Å². The van der Waals surface area contributed by atoms with Crippen LogP contribution >= 0.6 is 0 Å². The molecule has 0 saturated heterocycles. The van der Waals surface area contributed by atoms with Crippen molar-refractivity contribution in [2.45, 2.75) is 20.3 Å². The van der Waals surface area contributed by atoms with Gasteiger partial charge in [-0.1, -0.05) is 18.2 Å². The summed E-state index contributed by atoms with van der Waals surface area (Å²) in [6, 6.07) is 5.93. The van der Waals surface area contributed by atoms with Gasteiger partial charge < -0.3 is 10.1 Å². The third-order valence-corrected chi connectivity index (χ3v) is 2.31. The molecule has 2 rings (SSSR count). The molecule has 4 heteroatoms. The molecular weight excluding hydrogens is 445 g/mol. The molecule has 0 aromatic carbocycles. The van der Waals surface area contributed by atoms with Gasteiger partial charge in [0.15, 0.2) is 5.78 Å². The Hall–Kier alpha value is -1.73. The van der Waals surface area contributed by atoms with Crippen LogP contribution in [0.15, 0.2) is 60.5 Å². The summed E-state index contributed by atoms with van der Waals surface area (Å²) in [5, 5.41) is 8.36. The van der Waals surface area contributed by atoms with Crippen molar-refractivity contribution in [2.24, 2.45) is 0 Å². The van der Waals surface area contributed by atoms with Crippen LogP contribution in [0.1, 0.15) is 26.0 Å². The number of carbonyl (C=O) groups is 1. The van der Waals surface area contributed by atoms with Gasteiger partial charge in [0.25, 0.3) is 0 Å². The fourth-order valence-corrected chi connectivity index (χ4v) is 1.54. The number of aliphatic hydroxyl groups excluding tert-OH is 1. The Bertz CT molecular complexity index is 553. The van der Waals surface area contributed by atoms with E-state index in [1.807, 2.05) is 42.6 Å². The summed E-state index contributed by atoms with van der Waals surface area (Å²) in [7, 11) is 0. The maximum atomic E-state index is 10.0. The number of hydrogen-bond donors (Lipinski definition) is 1. The van der Waals surface area contributed by atoms with E-state index < -0.39 is 0 Å². The Morgan fingerprint density at radius 2 is 2.10 bits per heavy atom. The average Bonchev–Trinajstić information content (AvgIpc) is 2.67. The van der Waals surface area contributed by atoms with Crippen molar-refractivity contribution in [3.8, 4) is 0 Å². The quantitative estimate of drug-likeness (QED) is 0.412. The van der Waals surface area contributed by atoms with Gasteiger partial charge in [0, 0.05) is 33.3 Å². The molecule has 1 N–H and O–H groups in total. The van der Waals surface area contributed by atoms with Crippen molar-refractivity contribution >= 4 is 11.4 Å². The maximum Gasteiger partial charge on any atom is 0.155 e. The Morgan fingerprint density at radius 1 is 1.33 bits per heavy atom. The second-order valence-corrected chi connectivity index (χ2v) is 4.23. The SMILES string of the molecule is CC(=O)/C=C(/C)O.[C-]1=C(c2ccccn2)CC=CC=C1.[Pt]. The minimum absolute atomic E-state index is 0. The predicted molar refractivity (Wildman–Crippen MR) is 80.9 cm³/mol. The number of pyridine rings is 1. The molecule has 21 heavy (non-hydrogen) atoms. The van der Waals surface area contributed by atoms with Crippen LogP contribution in [0.25, 0.3) is 5.57 Å². The minimum Gasteiger partial charge on any atom is -0.512 e. The molecule has 0 radical (unpaired) electrons. The molecule has 0 spiro atoms. The first kappa shape index (κ1) is 19.3. The Kier molecular flexibility index (Phi) is 10.1. The minimum atomic E-state index is -0.125. The normalized spacial score (nSPS) is 13.2. The van der Waals surface area contributed by atoms with E-state index in [0.717, 1.165) is 17.7 Å². The standard InChI is InChI=1S/C12H10N.C5H8O2.Pt/c1-2-4-8-11(7-3-1)12-9-5-6-10-13-12;1-4(6)3-5(2)7;/h1-6,9-10H,7H2;3,6H,1-2H3;/q-1;;/b;4-3-;. The zero-order valence-electron chi connectivity index (χ0n) is 12.0. The third-order valence-electron chi connectivity index (χ3n) is 2.31. The van der Waals surface area contributed by atoms with Crippen LogP contribution in [0.4, 0.5) is 0 Å². The molecule has 1 aromatic heterocycles. The van der Waals surface area contributed by atoms with Crippen LogP contribution in [0.3, 0.4) is 0 Å². The largest absolute Gasteiger partial charge is 0.512 e.